The van der Waals surface area contributed by atoms with E-state index in [4.69, 9.17) is 15.2 Å². The predicted molar refractivity (Wildman–Crippen MR) is 97.5 cm³/mol. The van der Waals surface area contributed by atoms with Crippen molar-refractivity contribution in [3.63, 3.8) is 0 Å². The summed E-state index contributed by atoms with van der Waals surface area (Å²) in [5.74, 6) is 0.781. The maximum absolute atomic E-state index is 12.5. The van der Waals surface area contributed by atoms with Crippen molar-refractivity contribution in [1.82, 2.24) is 5.32 Å². The summed E-state index contributed by atoms with van der Waals surface area (Å²) in [6.07, 6.45) is 7.11. The van der Waals surface area contributed by atoms with E-state index >= 15 is 0 Å². The molecule has 5 nitrogen and oxygen atoms in total. The molecule has 1 unspecified atom stereocenters. The molecule has 1 amide bonds. The van der Waals surface area contributed by atoms with E-state index in [1.165, 1.54) is 6.42 Å². The van der Waals surface area contributed by atoms with Gasteiger partial charge in [-0.1, -0.05) is 31.4 Å². The fourth-order valence-electron chi connectivity index (χ4n) is 3.66. The van der Waals surface area contributed by atoms with Gasteiger partial charge in [0, 0.05) is 18.7 Å². The summed E-state index contributed by atoms with van der Waals surface area (Å²) >= 11 is 0. The first kappa shape index (κ1) is 18.2. The lowest BCUT2D eigenvalue weighted by Gasteiger charge is -2.31. The number of hydrogen-bond acceptors (Lipinski definition) is 4. The molecule has 25 heavy (non-hydrogen) atoms. The van der Waals surface area contributed by atoms with Crippen LogP contribution in [0.15, 0.2) is 18.2 Å². The van der Waals surface area contributed by atoms with Gasteiger partial charge in [0.1, 0.15) is 12.4 Å². The molecule has 1 saturated heterocycles. The number of ether oxygens (including phenoxy) is 2. The van der Waals surface area contributed by atoms with Crippen molar-refractivity contribution in [2.24, 2.45) is 5.73 Å². The van der Waals surface area contributed by atoms with Crippen LogP contribution in [0, 0.1) is 6.92 Å². The van der Waals surface area contributed by atoms with Gasteiger partial charge in [-0.2, -0.15) is 0 Å². The highest BCUT2D eigenvalue weighted by Crippen LogP contribution is 2.27. The summed E-state index contributed by atoms with van der Waals surface area (Å²) in [4.78, 5) is 12.5. The fraction of sp³-hybridized carbons (Fsp3) is 0.650. The van der Waals surface area contributed by atoms with E-state index < -0.39 is 5.54 Å². The minimum absolute atomic E-state index is 0.0437. The van der Waals surface area contributed by atoms with Crippen molar-refractivity contribution in [2.75, 3.05) is 13.2 Å². The van der Waals surface area contributed by atoms with Crippen molar-refractivity contribution in [3.05, 3.63) is 29.3 Å². The highest BCUT2D eigenvalue weighted by Gasteiger charge is 2.35. The molecule has 1 aromatic rings. The molecule has 1 aliphatic heterocycles. The number of carbonyl (C=O) groups is 1. The van der Waals surface area contributed by atoms with Crippen molar-refractivity contribution >= 4 is 5.91 Å². The van der Waals surface area contributed by atoms with Gasteiger partial charge in [0.25, 0.3) is 0 Å². The zero-order valence-corrected chi connectivity index (χ0v) is 15.2. The fourth-order valence-corrected chi connectivity index (χ4v) is 3.66. The van der Waals surface area contributed by atoms with Crippen molar-refractivity contribution in [2.45, 2.75) is 70.1 Å². The number of nitrogens with two attached hydrogens (primary N) is 1. The molecule has 0 aromatic heterocycles. The lowest BCUT2D eigenvalue weighted by molar-refractivity contribution is -0.127. The minimum Gasteiger partial charge on any atom is -0.491 e. The number of amides is 1. The van der Waals surface area contributed by atoms with Gasteiger partial charge in [0.15, 0.2) is 0 Å². The van der Waals surface area contributed by atoms with Gasteiger partial charge in [-0.25, -0.2) is 0 Å². The van der Waals surface area contributed by atoms with Gasteiger partial charge in [0.05, 0.1) is 11.6 Å². The number of nitrogens with one attached hydrogen (secondary N) is 1. The average molecular weight is 346 g/mol. The minimum atomic E-state index is -0.707. The van der Waals surface area contributed by atoms with Crippen LogP contribution in [0.2, 0.25) is 0 Å². The number of hydrogen-bond donors (Lipinski definition) is 2. The predicted octanol–water partition coefficient (Wildman–Crippen LogP) is 2.83. The summed E-state index contributed by atoms with van der Waals surface area (Å²) in [7, 11) is 0. The zero-order valence-electron chi connectivity index (χ0n) is 15.2. The van der Waals surface area contributed by atoms with Crippen LogP contribution < -0.4 is 15.8 Å². The van der Waals surface area contributed by atoms with Crippen LogP contribution in [-0.4, -0.2) is 30.8 Å². The van der Waals surface area contributed by atoms with Gasteiger partial charge in [-0.15, -0.1) is 0 Å². The molecule has 5 heteroatoms. The molecule has 1 atom stereocenters. The third-order valence-corrected chi connectivity index (χ3v) is 5.31. The van der Waals surface area contributed by atoms with Crippen LogP contribution in [0.25, 0.3) is 0 Å². The van der Waals surface area contributed by atoms with E-state index in [-0.39, 0.29) is 12.0 Å². The molecule has 0 spiro atoms. The van der Waals surface area contributed by atoms with Crippen molar-refractivity contribution in [1.29, 1.82) is 0 Å². The Balaban J connectivity index is 1.60. The number of rotatable bonds is 6. The summed E-state index contributed by atoms with van der Waals surface area (Å²) in [5.41, 5.74) is 7.73. The molecule has 1 aliphatic carbocycles. The summed E-state index contributed by atoms with van der Waals surface area (Å²) in [6, 6.07) is 6.08. The number of carbonyl (C=O) groups excluding carboxylic acids is 1. The molecule has 1 aromatic carbocycles. The van der Waals surface area contributed by atoms with E-state index in [2.05, 4.69) is 5.32 Å². The van der Waals surface area contributed by atoms with Gasteiger partial charge in [0.2, 0.25) is 5.91 Å². The van der Waals surface area contributed by atoms with Crippen LogP contribution >= 0.6 is 0 Å². The molecular weight excluding hydrogens is 316 g/mol. The lowest BCUT2D eigenvalue weighted by Crippen LogP contribution is -2.54. The van der Waals surface area contributed by atoms with Crippen LogP contribution in [0.4, 0.5) is 0 Å². The summed E-state index contributed by atoms with van der Waals surface area (Å²) in [6.45, 7) is 3.87. The van der Waals surface area contributed by atoms with E-state index in [9.17, 15) is 4.79 Å². The molecule has 2 fully saturated rings. The molecule has 3 N–H and O–H groups in total. The van der Waals surface area contributed by atoms with Crippen molar-refractivity contribution < 1.29 is 14.3 Å². The Labute approximate surface area is 150 Å². The quantitative estimate of drug-likeness (QED) is 0.831. The summed E-state index contributed by atoms with van der Waals surface area (Å²) < 4.78 is 11.6. The van der Waals surface area contributed by atoms with E-state index in [0.29, 0.717) is 13.2 Å². The number of aryl methyl sites for hydroxylation is 1. The highest BCUT2D eigenvalue weighted by atomic mass is 16.5. The second kappa shape index (κ2) is 8.19. The van der Waals surface area contributed by atoms with Crippen LogP contribution in [0.3, 0.4) is 0 Å². The summed E-state index contributed by atoms with van der Waals surface area (Å²) in [5, 5.41) is 3.02. The Morgan fingerprint density at radius 3 is 2.84 bits per heavy atom. The van der Waals surface area contributed by atoms with E-state index in [1.807, 2.05) is 25.1 Å². The first-order chi connectivity index (χ1) is 12.1. The Morgan fingerprint density at radius 1 is 1.32 bits per heavy atom. The number of benzene rings is 1. The van der Waals surface area contributed by atoms with Crippen LogP contribution in [0.1, 0.15) is 56.1 Å². The van der Waals surface area contributed by atoms with E-state index in [0.717, 1.165) is 62.0 Å². The first-order valence-electron chi connectivity index (χ1n) is 9.48. The van der Waals surface area contributed by atoms with Gasteiger partial charge in [-0.05, 0) is 44.2 Å². The second-order valence-corrected chi connectivity index (χ2v) is 7.46. The van der Waals surface area contributed by atoms with Gasteiger partial charge >= 0.3 is 0 Å². The third-order valence-electron chi connectivity index (χ3n) is 5.31. The molecular formula is C20H30N2O3. The maximum Gasteiger partial charge on any atom is 0.240 e. The molecule has 3 rings (SSSR count). The molecule has 1 saturated carbocycles. The molecule has 0 radical (unpaired) electrons. The smallest absolute Gasteiger partial charge is 0.240 e. The van der Waals surface area contributed by atoms with Gasteiger partial charge in [-0.3, -0.25) is 4.79 Å². The van der Waals surface area contributed by atoms with Crippen molar-refractivity contribution in [3.8, 4) is 5.75 Å². The standard InChI is InChI=1S/C20H30N2O3/c1-15-7-8-16(18(12-15)25-14-17-6-5-11-24-17)13-22-19(23)20(21)9-3-2-4-10-20/h7-8,12,17H,2-6,9-11,13-14,21H2,1H3,(H,22,23). The maximum atomic E-state index is 12.5. The monoisotopic (exact) mass is 346 g/mol. The second-order valence-electron chi connectivity index (χ2n) is 7.46. The molecule has 138 valence electrons. The Hall–Kier alpha value is -1.59. The third kappa shape index (κ3) is 4.73. The Bertz CT molecular complexity index is 591. The molecule has 2 aliphatic rings. The topological polar surface area (TPSA) is 73.6 Å². The average Bonchev–Trinajstić information content (AvgIpc) is 3.13. The first-order valence-corrected chi connectivity index (χ1v) is 9.48. The highest BCUT2D eigenvalue weighted by molar-refractivity contribution is 5.86. The largest absolute Gasteiger partial charge is 0.491 e. The zero-order chi connectivity index (χ0) is 17.7. The normalized spacial score (nSPS) is 22.6. The lowest BCUT2D eigenvalue weighted by atomic mass is 9.82. The molecule has 1 heterocycles. The molecule has 0 bridgehead atoms. The van der Waals surface area contributed by atoms with Gasteiger partial charge < -0.3 is 20.5 Å². The Kier molecular flexibility index (Phi) is 5.97. The Morgan fingerprint density at radius 2 is 2.12 bits per heavy atom. The SMILES string of the molecule is Cc1ccc(CNC(=O)C2(N)CCCCC2)c(OCC2CCCO2)c1. The van der Waals surface area contributed by atoms with Crippen LogP contribution in [0.5, 0.6) is 5.75 Å². The van der Waals surface area contributed by atoms with Crippen LogP contribution in [-0.2, 0) is 16.1 Å². The van der Waals surface area contributed by atoms with E-state index in [1.54, 1.807) is 0 Å².